The molecule has 35 heavy (non-hydrogen) atoms. The number of carbonyl (C=O) groups excluding carboxylic acids is 1. The summed E-state index contributed by atoms with van der Waals surface area (Å²) in [5.41, 5.74) is 3.32. The smallest absolute Gasteiger partial charge is 0.338 e. The first-order valence-corrected chi connectivity index (χ1v) is 12.7. The molecule has 0 saturated carbocycles. The van der Waals surface area contributed by atoms with E-state index in [-0.39, 0.29) is 12.2 Å². The van der Waals surface area contributed by atoms with Crippen molar-refractivity contribution in [3.8, 4) is 5.75 Å². The van der Waals surface area contributed by atoms with E-state index in [1.165, 1.54) is 11.3 Å². The van der Waals surface area contributed by atoms with Crippen molar-refractivity contribution in [3.63, 3.8) is 0 Å². The Kier molecular flexibility index (Phi) is 7.28. The number of benzene rings is 2. The average Bonchev–Trinajstić information content (AvgIpc) is 3.12. The summed E-state index contributed by atoms with van der Waals surface area (Å²) >= 11 is 4.90. The van der Waals surface area contributed by atoms with E-state index in [4.69, 9.17) is 9.47 Å². The molecule has 0 fully saturated rings. The normalized spacial score (nSPS) is 15.5. The molecule has 9 heteroatoms. The van der Waals surface area contributed by atoms with Crippen molar-refractivity contribution in [2.24, 2.45) is 4.99 Å². The van der Waals surface area contributed by atoms with Crippen LogP contribution in [0.4, 0.5) is 5.69 Å². The van der Waals surface area contributed by atoms with Crippen LogP contribution in [0.25, 0.3) is 6.08 Å². The number of fused-ring (bicyclic) bond motifs is 1. The quantitative estimate of drug-likeness (QED) is 0.434. The molecule has 0 N–H and O–H groups in total. The van der Waals surface area contributed by atoms with Crippen molar-refractivity contribution in [2.45, 2.75) is 19.9 Å². The van der Waals surface area contributed by atoms with Crippen LogP contribution in [-0.4, -0.2) is 38.3 Å². The molecular weight excluding hydrogens is 530 g/mol. The highest BCUT2D eigenvalue weighted by Crippen LogP contribution is 2.32. The highest BCUT2D eigenvalue weighted by Gasteiger charge is 2.33. The van der Waals surface area contributed by atoms with Crippen molar-refractivity contribution >= 4 is 45.0 Å². The number of carbonyl (C=O) groups is 1. The number of hydrogen-bond donors (Lipinski definition) is 0. The minimum Gasteiger partial charge on any atom is -0.497 e. The van der Waals surface area contributed by atoms with Gasteiger partial charge in [0.2, 0.25) is 0 Å². The Morgan fingerprint density at radius 1 is 1.26 bits per heavy atom. The van der Waals surface area contributed by atoms with Gasteiger partial charge in [0.25, 0.3) is 5.56 Å². The van der Waals surface area contributed by atoms with Crippen LogP contribution in [0.3, 0.4) is 0 Å². The van der Waals surface area contributed by atoms with E-state index in [0.717, 1.165) is 21.3 Å². The van der Waals surface area contributed by atoms with Crippen molar-refractivity contribution in [1.82, 2.24) is 4.57 Å². The maximum absolute atomic E-state index is 13.7. The number of allylic oxidation sites excluding steroid dienone is 1. The number of hydrogen-bond acceptors (Lipinski definition) is 7. The first-order valence-electron chi connectivity index (χ1n) is 11.1. The SMILES string of the molecule is CCOC(=O)C1=C(C)N=c2s/c(=C/c3ccc(N(C)C)c(Br)c3)c(=O)n2C1c1cccc(OC)c1. The maximum Gasteiger partial charge on any atom is 0.338 e. The van der Waals surface area contributed by atoms with Gasteiger partial charge in [-0.3, -0.25) is 9.36 Å². The molecule has 1 aliphatic rings. The van der Waals surface area contributed by atoms with E-state index in [0.29, 0.717) is 26.4 Å². The lowest BCUT2D eigenvalue weighted by molar-refractivity contribution is -0.139. The van der Waals surface area contributed by atoms with Crippen molar-refractivity contribution < 1.29 is 14.3 Å². The largest absolute Gasteiger partial charge is 0.497 e. The molecule has 2 heterocycles. The molecule has 1 aromatic heterocycles. The van der Waals surface area contributed by atoms with E-state index in [9.17, 15) is 9.59 Å². The average molecular weight is 556 g/mol. The van der Waals surface area contributed by atoms with Gasteiger partial charge in [-0.2, -0.15) is 0 Å². The molecule has 0 radical (unpaired) electrons. The summed E-state index contributed by atoms with van der Waals surface area (Å²) in [5, 5.41) is 0. The minimum absolute atomic E-state index is 0.219. The highest BCUT2D eigenvalue weighted by molar-refractivity contribution is 9.10. The Labute approximate surface area is 215 Å². The van der Waals surface area contributed by atoms with Crippen LogP contribution in [0.5, 0.6) is 5.75 Å². The van der Waals surface area contributed by atoms with Crippen LogP contribution in [0, 0.1) is 0 Å². The standard InChI is InChI=1S/C26H26BrN3O4S/c1-6-34-25(32)22-15(2)28-26-30(23(22)17-8-7-9-18(14-17)33-5)24(31)21(35-26)13-16-10-11-20(29(3)4)19(27)12-16/h7-14,23H,6H2,1-5H3/b21-13+. The molecule has 4 rings (SSSR count). The van der Waals surface area contributed by atoms with E-state index < -0.39 is 12.0 Å². The molecule has 0 aliphatic carbocycles. The number of rotatable bonds is 6. The third-order valence-electron chi connectivity index (χ3n) is 5.68. The van der Waals surface area contributed by atoms with E-state index in [2.05, 4.69) is 20.9 Å². The summed E-state index contributed by atoms with van der Waals surface area (Å²) < 4.78 is 13.8. The Morgan fingerprint density at radius 3 is 2.69 bits per heavy atom. The number of ether oxygens (including phenoxy) is 2. The van der Waals surface area contributed by atoms with Crippen molar-refractivity contribution in [2.75, 3.05) is 32.7 Å². The fourth-order valence-electron chi connectivity index (χ4n) is 4.05. The van der Waals surface area contributed by atoms with Gasteiger partial charge in [0.05, 0.1) is 41.2 Å². The third kappa shape index (κ3) is 4.83. The summed E-state index contributed by atoms with van der Waals surface area (Å²) in [6.45, 7) is 3.75. The molecule has 182 valence electrons. The first-order chi connectivity index (χ1) is 16.7. The zero-order valence-electron chi connectivity index (χ0n) is 20.2. The van der Waals surface area contributed by atoms with Gasteiger partial charge in [-0.05, 0) is 71.2 Å². The number of esters is 1. The number of halogens is 1. The van der Waals surface area contributed by atoms with Gasteiger partial charge >= 0.3 is 5.97 Å². The van der Waals surface area contributed by atoms with Crippen LogP contribution in [-0.2, 0) is 9.53 Å². The van der Waals surface area contributed by atoms with Crippen LogP contribution in [0.15, 0.2) is 68.0 Å². The third-order valence-corrected chi connectivity index (χ3v) is 7.30. The molecular formula is C26H26BrN3O4S. The van der Waals surface area contributed by atoms with Crippen LogP contribution >= 0.6 is 27.3 Å². The van der Waals surface area contributed by atoms with Gasteiger partial charge in [-0.1, -0.05) is 29.5 Å². The van der Waals surface area contributed by atoms with Crippen molar-refractivity contribution in [1.29, 1.82) is 0 Å². The molecule has 3 aromatic rings. The Balaban J connectivity index is 1.93. The molecule has 1 aliphatic heterocycles. The Bertz CT molecular complexity index is 1500. The number of aromatic nitrogens is 1. The predicted molar refractivity (Wildman–Crippen MR) is 142 cm³/mol. The molecule has 1 atom stereocenters. The monoisotopic (exact) mass is 555 g/mol. The maximum atomic E-state index is 13.7. The van der Waals surface area contributed by atoms with Crippen LogP contribution in [0.1, 0.15) is 31.0 Å². The lowest BCUT2D eigenvalue weighted by atomic mass is 9.95. The van der Waals surface area contributed by atoms with Crippen LogP contribution < -0.4 is 24.5 Å². The van der Waals surface area contributed by atoms with Gasteiger partial charge in [0.1, 0.15) is 5.75 Å². The summed E-state index contributed by atoms with van der Waals surface area (Å²) in [7, 11) is 5.53. The number of methoxy groups -OCH3 is 1. The van der Waals surface area contributed by atoms with Crippen molar-refractivity contribution in [3.05, 3.63) is 89.0 Å². The first kappa shape index (κ1) is 24.9. The molecule has 7 nitrogen and oxygen atoms in total. The second kappa shape index (κ2) is 10.2. The summed E-state index contributed by atoms with van der Waals surface area (Å²) in [4.78, 5) is 33.9. The minimum atomic E-state index is -0.676. The van der Waals surface area contributed by atoms with Gasteiger partial charge in [-0.15, -0.1) is 0 Å². The molecule has 0 amide bonds. The molecule has 0 spiro atoms. The number of anilines is 1. The highest BCUT2D eigenvalue weighted by atomic mass is 79.9. The van der Waals surface area contributed by atoms with Gasteiger partial charge in [-0.25, -0.2) is 9.79 Å². The lowest BCUT2D eigenvalue weighted by Crippen LogP contribution is -2.39. The second-order valence-electron chi connectivity index (χ2n) is 8.18. The van der Waals surface area contributed by atoms with Crippen LogP contribution in [0.2, 0.25) is 0 Å². The molecule has 0 saturated heterocycles. The summed E-state index contributed by atoms with van der Waals surface area (Å²) in [6.07, 6.45) is 1.85. The van der Waals surface area contributed by atoms with Gasteiger partial charge in [0.15, 0.2) is 4.80 Å². The van der Waals surface area contributed by atoms with E-state index in [1.807, 2.05) is 67.5 Å². The number of thiazole rings is 1. The summed E-state index contributed by atoms with van der Waals surface area (Å²) in [6, 6.07) is 12.6. The summed E-state index contributed by atoms with van der Waals surface area (Å²) in [5.74, 6) is 0.146. The fraction of sp³-hybridized carbons (Fsp3) is 0.269. The van der Waals surface area contributed by atoms with E-state index in [1.54, 1.807) is 25.5 Å². The molecule has 1 unspecified atom stereocenters. The lowest BCUT2D eigenvalue weighted by Gasteiger charge is -2.25. The zero-order valence-corrected chi connectivity index (χ0v) is 22.6. The second-order valence-corrected chi connectivity index (χ2v) is 10.0. The predicted octanol–water partition coefficient (Wildman–Crippen LogP) is 3.64. The topological polar surface area (TPSA) is 73.1 Å². The van der Waals surface area contributed by atoms with Gasteiger partial charge < -0.3 is 14.4 Å². The Hall–Kier alpha value is -3.17. The molecule has 0 bridgehead atoms. The molecule has 2 aromatic carbocycles. The van der Waals surface area contributed by atoms with E-state index >= 15 is 0 Å². The Morgan fingerprint density at radius 2 is 2.03 bits per heavy atom. The fourth-order valence-corrected chi connectivity index (χ4v) is 5.84. The van der Waals surface area contributed by atoms with Gasteiger partial charge in [0, 0.05) is 18.6 Å². The zero-order chi connectivity index (χ0) is 25.3. The number of nitrogens with zero attached hydrogens (tertiary/aromatic N) is 3.